The maximum absolute atomic E-state index is 4.29. The summed E-state index contributed by atoms with van der Waals surface area (Å²) in [5, 5.41) is 6.73. The Bertz CT molecular complexity index is 327. The molecule has 2 N–H and O–H groups in total. The number of hydrogen-bond acceptors (Lipinski definition) is 4. The molecule has 0 saturated heterocycles. The van der Waals surface area contributed by atoms with E-state index in [-0.39, 0.29) is 0 Å². The lowest BCUT2D eigenvalue weighted by Crippen LogP contribution is -2.20. The zero-order valence-corrected chi connectivity index (χ0v) is 11.9. The average molecular weight is 250 g/mol. The zero-order chi connectivity index (χ0) is 13.2. The predicted octanol–water partition coefficient (Wildman–Crippen LogP) is 3.68. The van der Waals surface area contributed by atoms with Gasteiger partial charge < -0.3 is 10.6 Å². The van der Waals surface area contributed by atoms with Gasteiger partial charge in [0.1, 0.15) is 18.0 Å². The van der Waals surface area contributed by atoms with Gasteiger partial charge in [-0.25, -0.2) is 9.97 Å². The molecule has 0 aromatic carbocycles. The highest BCUT2D eigenvalue weighted by Gasteiger charge is 2.08. The Labute approximate surface area is 111 Å². The van der Waals surface area contributed by atoms with Crippen LogP contribution >= 0.6 is 0 Å². The Kier molecular flexibility index (Phi) is 7.14. The number of unbranched alkanes of at least 4 members (excludes halogenated alkanes) is 1. The average Bonchev–Trinajstić information content (AvgIpc) is 2.37. The number of hydrogen-bond donors (Lipinski definition) is 2. The minimum absolute atomic E-state index is 0.527. The third-order valence-electron chi connectivity index (χ3n) is 2.92. The van der Waals surface area contributed by atoms with Crippen LogP contribution in [0.15, 0.2) is 12.4 Å². The fourth-order valence-corrected chi connectivity index (χ4v) is 2.01. The molecule has 0 spiro atoms. The monoisotopic (exact) mass is 250 g/mol. The van der Waals surface area contributed by atoms with Gasteiger partial charge in [-0.1, -0.05) is 33.1 Å². The normalized spacial score (nSPS) is 12.2. The number of nitrogens with one attached hydrogen (secondary N) is 2. The van der Waals surface area contributed by atoms with E-state index >= 15 is 0 Å². The van der Waals surface area contributed by atoms with Gasteiger partial charge in [0.2, 0.25) is 0 Å². The highest BCUT2D eigenvalue weighted by molar-refractivity contribution is 5.46. The minimum atomic E-state index is 0.527. The van der Waals surface area contributed by atoms with Crippen molar-refractivity contribution >= 4 is 11.6 Å². The van der Waals surface area contributed by atoms with E-state index in [1.165, 1.54) is 32.1 Å². The lowest BCUT2D eigenvalue weighted by Gasteiger charge is -2.18. The quantitative estimate of drug-likeness (QED) is 0.702. The first-order valence-electron chi connectivity index (χ1n) is 7.12. The summed E-state index contributed by atoms with van der Waals surface area (Å²) in [7, 11) is 0. The molecular weight excluding hydrogens is 224 g/mol. The molecule has 4 heteroatoms. The minimum Gasteiger partial charge on any atom is -0.370 e. The summed E-state index contributed by atoms with van der Waals surface area (Å²) in [6, 6.07) is 2.51. The molecule has 0 amide bonds. The SMILES string of the molecule is CCCCC(CCC)Nc1cc(NCC)ncn1. The summed E-state index contributed by atoms with van der Waals surface area (Å²) in [4.78, 5) is 8.47. The summed E-state index contributed by atoms with van der Waals surface area (Å²) >= 11 is 0. The lowest BCUT2D eigenvalue weighted by molar-refractivity contribution is 0.563. The van der Waals surface area contributed by atoms with E-state index in [4.69, 9.17) is 0 Å². The molecule has 0 bridgehead atoms. The standard InChI is InChI=1S/C14H26N4/c1-4-7-9-12(8-5-2)18-14-10-13(15-6-3)16-11-17-14/h10-12H,4-9H2,1-3H3,(H2,15,16,17,18). The van der Waals surface area contributed by atoms with Crippen LogP contribution < -0.4 is 10.6 Å². The predicted molar refractivity (Wildman–Crippen MR) is 78.0 cm³/mol. The van der Waals surface area contributed by atoms with Crippen molar-refractivity contribution in [2.24, 2.45) is 0 Å². The van der Waals surface area contributed by atoms with Crippen molar-refractivity contribution in [1.82, 2.24) is 9.97 Å². The van der Waals surface area contributed by atoms with Crippen molar-refractivity contribution in [3.63, 3.8) is 0 Å². The van der Waals surface area contributed by atoms with Gasteiger partial charge >= 0.3 is 0 Å². The van der Waals surface area contributed by atoms with Gasteiger partial charge in [0.25, 0.3) is 0 Å². The maximum Gasteiger partial charge on any atom is 0.131 e. The summed E-state index contributed by atoms with van der Waals surface area (Å²) in [5.74, 6) is 1.82. The molecule has 1 atom stereocenters. The van der Waals surface area contributed by atoms with Crippen molar-refractivity contribution in [3.05, 3.63) is 12.4 Å². The van der Waals surface area contributed by atoms with Crippen LogP contribution in [0.5, 0.6) is 0 Å². The first-order chi connectivity index (χ1) is 8.80. The molecular formula is C14H26N4. The Morgan fingerprint density at radius 2 is 1.83 bits per heavy atom. The van der Waals surface area contributed by atoms with E-state index in [2.05, 4.69) is 41.4 Å². The summed E-state index contributed by atoms with van der Waals surface area (Å²) in [6.45, 7) is 7.41. The molecule has 1 unspecified atom stereocenters. The zero-order valence-electron chi connectivity index (χ0n) is 11.9. The van der Waals surface area contributed by atoms with E-state index in [0.717, 1.165) is 18.2 Å². The molecule has 102 valence electrons. The van der Waals surface area contributed by atoms with Gasteiger partial charge in [0.15, 0.2) is 0 Å². The molecule has 1 heterocycles. The number of aromatic nitrogens is 2. The van der Waals surface area contributed by atoms with E-state index in [9.17, 15) is 0 Å². The summed E-state index contributed by atoms with van der Waals surface area (Å²) < 4.78 is 0. The van der Waals surface area contributed by atoms with Crippen LogP contribution in [0.25, 0.3) is 0 Å². The van der Waals surface area contributed by atoms with Crippen LogP contribution in [0.4, 0.5) is 11.6 Å². The molecule has 1 aromatic heterocycles. The molecule has 4 nitrogen and oxygen atoms in total. The van der Waals surface area contributed by atoms with Gasteiger partial charge in [-0.15, -0.1) is 0 Å². The molecule has 1 aromatic rings. The van der Waals surface area contributed by atoms with E-state index < -0.39 is 0 Å². The van der Waals surface area contributed by atoms with Crippen LogP contribution in [0.3, 0.4) is 0 Å². The Balaban J connectivity index is 2.58. The lowest BCUT2D eigenvalue weighted by atomic mass is 10.1. The van der Waals surface area contributed by atoms with Gasteiger partial charge in [-0.05, 0) is 19.8 Å². The largest absolute Gasteiger partial charge is 0.370 e. The number of rotatable bonds is 9. The third kappa shape index (κ3) is 5.34. The molecule has 0 saturated carbocycles. The van der Waals surface area contributed by atoms with Crippen molar-refractivity contribution < 1.29 is 0 Å². The van der Waals surface area contributed by atoms with E-state index in [0.29, 0.717) is 6.04 Å². The topological polar surface area (TPSA) is 49.8 Å². The van der Waals surface area contributed by atoms with E-state index in [1.807, 2.05) is 6.07 Å². The van der Waals surface area contributed by atoms with Crippen LogP contribution in [0.1, 0.15) is 52.9 Å². The Hall–Kier alpha value is -1.32. The van der Waals surface area contributed by atoms with Gasteiger partial charge in [0.05, 0.1) is 0 Å². The molecule has 0 radical (unpaired) electrons. The Morgan fingerprint density at radius 1 is 1.06 bits per heavy atom. The smallest absolute Gasteiger partial charge is 0.131 e. The molecule has 0 aliphatic carbocycles. The fourth-order valence-electron chi connectivity index (χ4n) is 2.01. The fraction of sp³-hybridized carbons (Fsp3) is 0.714. The maximum atomic E-state index is 4.29. The molecule has 0 aliphatic heterocycles. The molecule has 0 fully saturated rings. The van der Waals surface area contributed by atoms with Crippen molar-refractivity contribution in [1.29, 1.82) is 0 Å². The van der Waals surface area contributed by atoms with Crippen LogP contribution in [0, 0.1) is 0 Å². The molecule has 18 heavy (non-hydrogen) atoms. The van der Waals surface area contributed by atoms with Crippen LogP contribution in [-0.2, 0) is 0 Å². The summed E-state index contributed by atoms with van der Waals surface area (Å²) in [6.07, 6.45) is 7.73. The second-order valence-corrected chi connectivity index (χ2v) is 4.59. The van der Waals surface area contributed by atoms with Crippen molar-refractivity contribution in [2.75, 3.05) is 17.2 Å². The highest BCUT2D eigenvalue weighted by atomic mass is 15.1. The van der Waals surface area contributed by atoms with Gasteiger partial charge in [0, 0.05) is 18.7 Å². The van der Waals surface area contributed by atoms with Gasteiger partial charge in [-0.2, -0.15) is 0 Å². The van der Waals surface area contributed by atoms with E-state index in [1.54, 1.807) is 6.33 Å². The first-order valence-corrected chi connectivity index (χ1v) is 7.12. The first kappa shape index (κ1) is 14.7. The Morgan fingerprint density at radius 3 is 2.50 bits per heavy atom. The van der Waals surface area contributed by atoms with Crippen molar-refractivity contribution in [3.8, 4) is 0 Å². The number of nitrogens with zero attached hydrogens (tertiary/aromatic N) is 2. The van der Waals surface area contributed by atoms with Crippen LogP contribution in [-0.4, -0.2) is 22.6 Å². The highest BCUT2D eigenvalue weighted by Crippen LogP contribution is 2.15. The van der Waals surface area contributed by atoms with Crippen molar-refractivity contribution in [2.45, 2.75) is 58.9 Å². The van der Waals surface area contributed by atoms with Crippen LogP contribution in [0.2, 0.25) is 0 Å². The summed E-state index contributed by atoms with van der Waals surface area (Å²) in [5.41, 5.74) is 0. The molecule has 0 aliphatic rings. The third-order valence-corrected chi connectivity index (χ3v) is 2.92. The number of anilines is 2. The second kappa shape index (κ2) is 8.72. The second-order valence-electron chi connectivity index (χ2n) is 4.59. The molecule has 1 rings (SSSR count). The van der Waals surface area contributed by atoms with Gasteiger partial charge in [-0.3, -0.25) is 0 Å².